The van der Waals surface area contributed by atoms with Crippen molar-refractivity contribution in [3.05, 3.63) is 23.0 Å². The van der Waals surface area contributed by atoms with Gasteiger partial charge in [0.2, 0.25) is 5.91 Å². The van der Waals surface area contributed by atoms with Crippen LogP contribution in [0.15, 0.2) is 18.2 Å². The van der Waals surface area contributed by atoms with Crippen molar-refractivity contribution in [1.29, 1.82) is 0 Å². The van der Waals surface area contributed by atoms with E-state index < -0.39 is 11.9 Å². The Bertz CT molecular complexity index is 629. The van der Waals surface area contributed by atoms with Gasteiger partial charge in [0.1, 0.15) is 17.3 Å². The fourth-order valence-electron chi connectivity index (χ4n) is 1.80. The van der Waals surface area contributed by atoms with Crippen molar-refractivity contribution in [2.75, 3.05) is 7.11 Å². The number of carbonyl (C=O) groups is 1. The molecule has 0 saturated carbocycles. The molecule has 0 bridgehead atoms. The van der Waals surface area contributed by atoms with Gasteiger partial charge in [-0.25, -0.2) is 0 Å². The molecule has 0 saturated heterocycles. The molecule has 0 aliphatic carbocycles. The highest BCUT2D eigenvalue weighted by Gasteiger charge is 2.17. The maximum absolute atomic E-state index is 11.3. The first-order valence-electron chi connectivity index (χ1n) is 5.12. The van der Waals surface area contributed by atoms with Crippen molar-refractivity contribution in [3.63, 3.8) is 0 Å². The van der Waals surface area contributed by atoms with Gasteiger partial charge in [-0.15, -0.1) is 0 Å². The number of amides is 1. The Kier molecular flexibility index (Phi) is 2.89. The molecule has 0 aliphatic rings. The van der Waals surface area contributed by atoms with E-state index in [0.717, 1.165) is 11.0 Å². The summed E-state index contributed by atoms with van der Waals surface area (Å²) in [7, 11) is 1.58. The van der Waals surface area contributed by atoms with Crippen LogP contribution in [0.1, 0.15) is 13.0 Å². The van der Waals surface area contributed by atoms with Crippen LogP contribution in [-0.2, 0) is 4.79 Å². The molecule has 1 atom stereocenters. The SMILES string of the molecule is COc1cccc2c1[nH]c(=S)n2C(C)C(N)=O. The molecule has 1 heterocycles. The molecule has 90 valence electrons. The first kappa shape index (κ1) is 11.7. The summed E-state index contributed by atoms with van der Waals surface area (Å²) >= 11 is 5.20. The highest BCUT2D eigenvalue weighted by atomic mass is 32.1. The van der Waals surface area contributed by atoms with Gasteiger partial charge < -0.3 is 20.0 Å². The molecule has 2 rings (SSSR count). The number of aromatic amines is 1. The third-order valence-corrected chi connectivity index (χ3v) is 3.03. The predicted octanol–water partition coefficient (Wildman–Crippen LogP) is 1.75. The number of hydrogen-bond donors (Lipinski definition) is 2. The summed E-state index contributed by atoms with van der Waals surface area (Å²) in [5, 5.41) is 0. The molecular formula is C11H13N3O2S. The summed E-state index contributed by atoms with van der Waals surface area (Å²) in [6, 6.07) is 5.04. The van der Waals surface area contributed by atoms with Gasteiger partial charge >= 0.3 is 0 Å². The van der Waals surface area contributed by atoms with Crippen LogP contribution in [0.5, 0.6) is 5.75 Å². The average Bonchev–Trinajstić information content (AvgIpc) is 2.63. The van der Waals surface area contributed by atoms with Crippen LogP contribution >= 0.6 is 12.2 Å². The lowest BCUT2D eigenvalue weighted by Gasteiger charge is -2.10. The van der Waals surface area contributed by atoms with E-state index in [1.807, 2.05) is 18.2 Å². The Hall–Kier alpha value is -1.82. The molecular weight excluding hydrogens is 238 g/mol. The topological polar surface area (TPSA) is 73.0 Å². The summed E-state index contributed by atoms with van der Waals surface area (Å²) in [6.45, 7) is 1.71. The number of methoxy groups -OCH3 is 1. The summed E-state index contributed by atoms with van der Waals surface area (Å²) in [5.74, 6) is 0.258. The monoisotopic (exact) mass is 251 g/mol. The van der Waals surface area contributed by atoms with Gasteiger partial charge in [-0.05, 0) is 31.3 Å². The van der Waals surface area contributed by atoms with Crippen molar-refractivity contribution < 1.29 is 9.53 Å². The number of nitrogens with zero attached hydrogens (tertiary/aromatic N) is 1. The minimum Gasteiger partial charge on any atom is -0.494 e. The number of fused-ring (bicyclic) bond motifs is 1. The van der Waals surface area contributed by atoms with Crippen molar-refractivity contribution >= 4 is 29.2 Å². The van der Waals surface area contributed by atoms with E-state index in [1.165, 1.54) is 0 Å². The van der Waals surface area contributed by atoms with E-state index in [9.17, 15) is 4.79 Å². The van der Waals surface area contributed by atoms with Crippen molar-refractivity contribution in [1.82, 2.24) is 9.55 Å². The van der Waals surface area contributed by atoms with E-state index in [-0.39, 0.29) is 0 Å². The van der Waals surface area contributed by atoms with Crippen molar-refractivity contribution in [3.8, 4) is 5.75 Å². The van der Waals surface area contributed by atoms with Crippen LogP contribution in [0.4, 0.5) is 0 Å². The van der Waals surface area contributed by atoms with Crippen LogP contribution in [0.25, 0.3) is 11.0 Å². The van der Waals surface area contributed by atoms with Crippen molar-refractivity contribution in [2.45, 2.75) is 13.0 Å². The highest BCUT2D eigenvalue weighted by Crippen LogP contribution is 2.26. The predicted molar refractivity (Wildman–Crippen MR) is 67.6 cm³/mol. The number of H-pyrrole nitrogens is 1. The number of para-hydroxylation sites is 1. The zero-order valence-corrected chi connectivity index (χ0v) is 10.4. The maximum atomic E-state index is 11.3. The highest BCUT2D eigenvalue weighted by molar-refractivity contribution is 7.71. The van der Waals surface area contributed by atoms with Crippen LogP contribution in [0.2, 0.25) is 0 Å². The van der Waals surface area contributed by atoms with Crippen LogP contribution in [-0.4, -0.2) is 22.6 Å². The first-order valence-corrected chi connectivity index (χ1v) is 5.53. The van der Waals surface area contributed by atoms with Gasteiger partial charge in [0.15, 0.2) is 4.77 Å². The fraction of sp³-hybridized carbons (Fsp3) is 0.273. The van der Waals surface area contributed by atoms with Gasteiger partial charge in [-0.1, -0.05) is 6.07 Å². The standard InChI is InChI=1S/C11H13N3O2S/c1-6(10(12)15)14-7-4-3-5-8(16-2)9(7)13-11(14)17/h3-6H,1-2H3,(H2,12,15)(H,13,17). The lowest BCUT2D eigenvalue weighted by molar-refractivity contribution is -0.120. The first-order chi connectivity index (χ1) is 8.06. The van der Waals surface area contributed by atoms with E-state index in [2.05, 4.69) is 4.98 Å². The third-order valence-electron chi connectivity index (χ3n) is 2.73. The number of carbonyl (C=O) groups excluding carboxylic acids is 1. The van der Waals surface area contributed by atoms with Gasteiger partial charge in [-0.3, -0.25) is 4.79 Å². The number of imidazole rings is 1. The maximum Gasteiger partial charge on any atom is 0.240 e. The Morgan fingerprint density at radius 3 is 2.88 bits per heavy atom. The number of primary amides is 1. The number of nitrogens with one attached hydrogen (secondary N) is 1. The third kappa shape index (κ3) is 1.80. The average molecular weight is 251 g/mol. The molecule has 17 heavy (non-hydrogen) atoms. The Morgan fingerprint density at radius 1 is 1.59 bits per heavy atom. The summed E-state index contributed by atoms with van der Waals surface area (Å²) in [5.41, 5.74) is 6.88. The summed E-state index contributed by atoms with van der Waals surface area (Å²) in [6.07, 6.45) is 0. The van der Waals surface area contributed by atoms with Crippen LogP contribution in [0, 0.1) is 4.77 Å². The second-order valence-corrected chi connectivity index (χ2v) is 4.12. The second-order valence-electron chi connectivity index (χ2n) is 3.73. The molecule has 0 spiro atoms. The van der Waals surface area contributed by atoms with Gasteiger partial charge in [0.05, 0.1) is 12.6 Å². The second kappa shape index (κ2) is 4.21. The van der Waals surface area contributed by atoms with Gasteiger partial charge in [0, 0.05) is 0 Å². The number of aromatic nitrogens is 2. The molecule has 2 aromatic rings. The fourth-order valence-corrected chi connectivity index (χ4v) is 2.16. The normalized spacial score (nSPS) is 12.6. The Morgan fingerprint density at radius 2 is 2.29 bits per heavy atom. The minimum absolute atomic E-state index is 0.426. The van der Waals surface area contributed by atoms with Gasteiger partial charge in [0.25, 0.3) is 0 Å². The summed E-state index contributed by atoms with van der Waals surface area (Å²) in [4.78, 5) is 14.3. The molecule has 0 fully saturated rings. The van der Waals surface area contributed by atoms with Crippen LogP contribution < -0.4 is 10.5 Å². The molecule has 6 heteroatoms. The quantitative estimate of drug-likeness (QED) is 0.816. The van der Waals surface area contributed by atoms with E-state index >= 15 is 0 Å². The van der Waals surface area contributed by atoms with Gasteiger partial charge in [-0.2, -0.15) is 0 Å². The molecule has 3 N–H and O–H groups in total. The number of hydrogen-bond acceptors (Lipinski definition) is 3. The molecule has 0 aliphatic heterocycles. The molecule has 0 radical (unpaired) electrons. The van der Waals surface area contributed by atoms with Crippen LogP contribution in [0.3, 0.4) is 0 Å². The van der Waals surface area contributed by atoms with E-state index in [1.54, 1.807) is 18.6 Å². The molecule has 1 aromatic carbocycles. The summed E-state index contributed by atoms with van der Waals surface area (Å²) < 4.78 is 7.37. The molecule has 1 amide bonds. The largest absolute Gasteiger partial charge is 0.494 e. The number of nitrogens with two attached hydrogens (primary N) is 1. The molecule has 5 nitrogen and oxygen atoms in total. The smallest absolute Gasteiger partial charge is 0.240 e. The van der Waals surface area contributed by atoms with E-state index in [4.69, 9.17) is 22.7 Å². The van der Waals surface area contributed by atoms with E-state index in [0.29, 0.717) is 10.5 Å². The number of rotatable bonds is 3. The lowest BCUT2D eigenvalue weighted by atomic mass is 10.2. The number of ether oxygens (including phenoxy) is 1. The Labute approximate surface area is 103 Å². The Balaban J connectivity index is 2.77. The zero-order chi connectivity index (χ0) is 12.6. The van der Waals surface area contributed by atoms with Crippen molar-refractivity contribution in [2.24, 2.45) is 5.73 Å². The molecule has 1 unspecified atom stereocenters. The number of benzene rings is 1. The zero-order valence-electron chi connectivity index (χ0n) is 9.56. The minimum atomic E-state index is -0.497. The lowest BCUT2D eigenvalue weighted by Crippen LogP contribution is -2.23. The molecule has 1 aromatic heterocycles.